The van der Waals surface area contributed by atoms with E-state index in [0.29, 0.717) is 18.5 Å². The highest BCUT2D eigenvalue weighted by Gasteiger charge is 2.38. The minimum atomic E-state index is -1.29. The van der Waals surface area contributed by atoms with Crippen LogP contribution in [0, 0.1) is 0 Å². The van der Waals surface area contributed by atoms with Crippen LogP contribution in [-0.2, 0) is 11.2 Å². The molecule has 2 heterocycles. The van der Waals surface area contributed by atoms with Crippen LogP contribution in [0.1, 0.15) is 22.3 Å². The molecule has 0 radical (unpaired) electrons. The van der Waals surface area contributed by atoms with Gasteiger partial charge in [-0.05, 0) is 24.5 Å². The lowest BCUT2D eigenvalue weighted by molar-refractivity contribution is -0.122. The van der Waals surface area contributed by atoms with Gasteiger partial charge in [0, 0.05) is 19.1 Å². The van der Waals surface area contributed by atoms with E-state index < -0.39 is 19.0 Å². The SMILES string of the molecule is N[C@@H]1CCN(CC(=O)N[C@H]2Cc3cccc(C(=O)O)c3OB2O)C1. The third kappa shape index (κ3) is 3.53. The number of hydrogen-bond acceptors (Lipinski definition) is 6. The van der Waals surface area contributed by atoms with E-state index in [9.17, 15) is 19.7 Å². The number of nitrogens with zero attached hydrogens (tertiary/aromatic N) is 1. The van der Waals surface area contributed by atoms with E-state index in [1.54, 1.807) is 12.1 Å². The van der Waals surface area contributed by atoms with E-state index in [4.69, 9.17) is 10.4 Å². The summed E-state index contributed by atoms with van der Waals surface area (Å²) in [5.74, 6) is -1.79. The van der Waals surface area contributed by atoms with Crippen LogP contribution < -0.4 is 15.7 Å². The van der Waals surface area contributed by atoms with Crippen molar-refractivity contribution in [1.82, 2.24) is 10.2 Å². The molecule has 1 saturated heterocycles. The highest BCUT2D eigenvalue weighted by Crippen LogP contribution is 2.30. The van der Waals surface area contributed by atoms with Gasteiger partial charge in [-0.15, -0.1) is 0 Å². The number of likely N-dealkylation sites (tertiary alicyclic amines) is 1. The van der Waals surface area contributed by atoms with Crippen molar-refractivity contribution < 1.29 is 24.4 Å². The summed E-state index contributed by atoms with van der Waals surface area (Å²) < 4.78 is 5.35. The fourth-order valence-corrected chi connectivity index (χ4v) is 3.18. The minimum absolute atomic E-state index is 0.00220. The number of benzene rings is 1. The number of carboxylic acid groups (broad SMARTS) is 1. The highest BCUT2D eigenvalue weighted by molar-refractivity contribution is 6.47. The van der Waals surface area contributed by atoms with Gasteiger partial charge in [-0.3, -0.25) is 9.69 Å². The van der Waals surface area contributed by atoms with Crippen LogP contribution in [0.25, 0.3) is 0 Å². The summed E-state index contributed by atoms with van der Waals surface area (Å²) in [5, 5.41) is 22.0. The zero-order chi connectivity index (χ0) is 17.3. The minimum Gasteiger partial charge on any atom is -0.534 e. The number of carboxylic acids is 1. The molecule has 0 bridgehead atoms. The molecule has 5 N–H and O–H groups in total. The fraction of sp³-hybridized carbons (Fsp3) is 0.467. The number of aromatic carboxylic acids is 1. The summed E-state index contributed by atoms with van der Waals surface area (Å²) in [6.45, 7) is 1.68. The molecule has 9 heteroatoms. The van der Waals surface area contributed by atoms with Gasteiger partial charge in [0.25, 0.3) is 0 Å². The quantitative estimate of drug-likeness (QED) is 0.513. The molecule has 0 spiro atoms. The van der Waals surface area contributed by atoms with Gasteiger partial charge >= 0.3 is 13.1 Å². The lowest BCUT2D eigenvalue weighted by atomic mass is 9.72. The van der Waals surface area contributed by atoms with Gasteiger partial charge in [-0.25, -0.2) is 4.79 Å². The number of carbonyl (C=O) groups is 2. The first-order valence-corrected chi connectivity index (χ1v) is 7.91. The van der Waals surface area contributed by atoms with E-state index in [1.165, 1.54) is 6.07 Å². The van der Waals surface area contributed by atoms with Gasteiger partial charge in [-0.2, -0.15) is 0 Å². The smallest absolute Gasteiger partial charge is 0.534 e. The third-order valence-electron chi connectivity index (χ3n) is 4.37. The van der Waals surface area contributed by atoms with Gasteiger partial charge in [0.15, 0.2) is 0 Å². The molecular weight excluding hydrogens is 313 g/mol. The first kappa shape index (κ1) is 16.8. The molecule has 0 unspecified atom stereocenters. The van der Waals surface area contributed by atoms with Crippen molar-refractivity contribution in [2.24, 2.45) is 5.73 Å². The van der Waals surface area contributed by atoms with E-state index >= 15 is 0 Å². The number of carbonyl (C=O) groups excluding carboxylic acids is 1. The Morgan fingerprint density at radius 1 is 1.46 bits per heavy atom. The van der Waals surface area contributed by atoms with Gasteiger partial charge in [0.1, 0.15) is 5.75 Å². The lowest BCUT2D eigenvalue weighted by Gasteiger charge is -2.29. The summed E-state index contributed by atoms with van der Waals surface area (Å²) in [6.07, 6.45) is 1.18. The Kier molecular flexibility index (Phi) is 4.75. The van der Waals surface area contributed by atoms with Crippen LogP contribution in [0.4, 0.5) is 0 Å². The molecule has 0 aromatic heterocycles. The third-order valence-corrected chi connectivity index (χ3v) is 4.37. The van der Waals surface area contributed by atoms with Crippen LogP contribution in [0.5, 0.6) is 5.75 Å². The Morgan fingerprint density at radius 2 is 2.25 bits per heavy atom. The molecule has 128 valence electrons. The van der Waals surface area contributed by atoms with Crippen LogP contribution in [0.2, 0.25) is 0 Å². The lowest BCUT2D eigenvalue weighted by Crippen LogP contribution is -2.54. The Balaban J connectivity index is 1.65. The van der Waals surface area contributed by atoms with Crippen molar-refractivity contribution in [1.29, 1.82) is 0 Å². The fourth-order valence-electron chi connectivity index (χ4n) is 3.18. The topological polar surface area (TPSA) is 125 Å². The number of para-hydroxylation sites is 1. The van der Waals surface area contributed by atoms with Gasteiger partial charge in [0.2, 0.25) is 5.91 Å². The molecule has 0 saturated carbocycles. The molecule has 1 amide bonds. The molecule has 2 atom stereocenters. The maximum atomic E-state index is 12.2. The molecule has 24 heavy (non-hydrogen) atoms. The molecule has 1 aromatic rings. The second kappa shape index (κ2) is 6.80. The van der Waals surface area contributed by atoms with Crippen molar-refractivity contribution in [2.45, 2.75) is 24.8 Å². The van der Waals surface area contributed by atoms with Gasteiger partial charge in [0.05, 0.1) is 18.0 Å². The summed E-state index contributed by atoms with van der Waals surface area (Å²) in [6, 6.07) is 4.87. The first-order chi connectivity index (χ1) is 11.4. The van der Waals surface area contributed by atoms with Crippen LogP contribution in [0.3, 0.4) is 0 Å². The molecule has 3 rings (SSSR count). The largest absolute Gasteiger partial charge is 0.547 e. The average Bonchev–Trinajstić information content (AvgIpc) is 2.92. The van der Waals surface area contributed by atoms with E-state index in [0.717, 1.165) is 13.0 Å². The van der Waals surface area contributed by atoms with Crippen molar-refractivity contribution in [2.75, 3.05) is 19.6 Å². The summed E-state index contributed by atoms with van der Waals surface area (Å²) in [7, 11) is -1.29. The maximum Gasteiger partial charge on any atom is 0.547 e. The van der Waals surface area contributed by atoms with Crippen molar-refractivity contribution in [3.05, 3.63) is 29.3 Å². The molecule has 2 aliphatic heterocycles. The van der Waals surface area contributed by atoms with Crippen LogP contribution >= 0.6 is 0 Å². The van der Waals surface area contributed by atoms with E-state index in [2.05, 4.69) is 5.32 Å². The standard InChI is InChI=1S/C15H20BN3O5/c17-10-4-5-19(7-10)8-13(20)18-12-6-9-2-1-3-11(15(21)22)14(9)24-16(12)23/h1-3,10,12,23H,4-8,17H2,(H,18,20)(H,21,22)/t10-,12+/m1/s1. The second-order valence-corrected chi connectivity index (χ2v) is 6.27. The second-order valence-electron chi connectivity index (χ2n) is 6.27. The van der Waals surface area contributed by atoms with Crippen molar-refractivity contribution >= 4 is 19.0 Å². The Hall–Kier alpha value is -2.10. The van der Waals surface area contributed by atoms with E-state index in [1.807, 2.05) is 4.90 Å². The summed E-state index contributed by atoms with van der Waals surface area (Å²) in [5.41, 5.74) is 6.47. The number of hydrogen-bond donors (Lipinski definition) is 4. The average molecular weight is 333 g/mol. The zero-order valence-electron chi connectivity index (χ0n) is 13.1. The summed E-state index contributed by atoms with van der Waals surface area (Å²) in [4.78, 5) is 25.3. The van der Waals surface area contributed by atoms with Crippen molar-refractivity contribution in [3.8, 4) is 5.75 Å². The van der Waals surface area contributed by atoms with Crippen LogP contribution in [0.15, 0.2) is 18.2 Å². The number of nitrogens with one attached hydrogen (secondary N) is 1. The number of fused-ring (bicyclic) bond motifs is 1. The Labute approximate surface area is 139 Å². The zero-order valence-corrected chi connectivity index (χ0v) is 13.1. The predicted octanol–water partition coefficient (Wildman–Crippen LogP) is -1.14. The summed E-state index contributed by atoms with van der Waals surface area (Å²) >= 11 is 0. The van der Waals surface area contributed by atoms with Crippen molar-refractivity contribution in [3.63, 3.8) is 0 Å². The maximum absolute atomic E-state index is 12.2. The highest BCUT2D eigenvalue weighted by atomic mass is 16.5. The predicted molar refractivity (Wildman–Crippen MR) is 86.7 cm³/mol. The normalized spacial score (nSPS) is 23.5. The first-order valence-electron chi connectivity index (χ1n) is 7.91. The van der Waals surface area contributed by atoms with E-state index in [-0.39, 0.29) is 29.8 Å². The number of nitrogens with two attached hydrogens (primary N) is 1. The molecule has 1 fully saturated rings. The van der Waals surface area contributed by atoms with Crippen LogP contribution in [-0.4, -0.2) is 65.6 Å². The number of amides is 1. The number of rotatable bonds is 4. The molecule has 1 aromatic carbocycles. The monoisotopic (exact) mass is 333 g/mol. The molecular formula is C15H20BN3O5. The Morgan fingerprint density at radius 3 is 2.92 bits per heavy atom. The van der Waals surface area contributed by atoms with Gasteiger partial charge < -0.3 is 25.8 Å². The van der Waals surface area contributed by atoms with Gasteiger partial charge in [-0.1, -0.05) is 12.1 Å². The molecule has 8 nitrogen and oxygen atoms in total. The molecule has 0 aliphatic carbocycles. The Bertz CT molecular complexity index is 656. The molecule has 2 aliphatic rings.